The first kappa shape index (κ1) is 26.1. The number of rotatable bonds is 5. The van der Waals surface area contributed by atoms with Crippen molar-refractivity contribution < 1.29 is 40.3 Å². The van der Waals surface area contributed by atoms with E-state index in [1.54, 1.807) is 0 Å². The Hall–Kier alpha value is -3.51. The number of ether oxygens (including phenoxy) is 1. The molecule has 2 heterocycles. The van der Waals surface area contributed by atoms with E-state index in [0.717, 1.165) is 37.0 Å². The van der Waals surface area contributed by atoms with Crippen LogP contribution >= 0.6 is 0 Å². The summed E-state index contributed by atoms with van der Waals surface area (Å²) < 4.78 is 98.8. The number of benzene rings is 1. The number of amidine groups is 1. The summed E-state index contributed by atoms with van der Waals surface area (Å²) in [5.74, 6) is -1.15. The molecule has 2 aliphatic rings. The number of nitrogens with zero attached hydrogens (tertiary/aromatic N) is 3. The summed E-state index contributed by atoms with van der Waals surface area (Å²) in [5, 5.41) is 7.80. The van der Waals surface area contributed by atoms with Crippen molar-refractivity contribution in [2.45, 2.75) is 38.2 Å². The molecule has 6 nitrogen and oxygen atoms in total. The van der Waals surface area contributed by atoms with Gasteiger partial charge in [-0.1, -0.05) is 6.08 Å². The van der Waals surface area contributed by atoms with E-state index in [2.05, 4.69) is 10.4 Å². The second-order valence-electron chi connectivity index (χ2n) is 8.26. The third-order valence-electron chi connectivity index (χ3n) is 5.19. The Bertz CT molecular complexity index is 1120. The van der Waals surface area contributed by atoms with E-state index >= 15 is 0 Å². The van der Waals surface area contributed by atoms with Crippen molar-refractivity contribution in [3.63, 3.8) is 0 Å². The zero-order valence-electron chi connectivity index (χ0n) is 18.8. The predicted molar refractivity (Wildman–Crippen MR) is 113 cm³/mol. The summed E-state index contributed by atoms with van der Waals surface area (Å²) in [4.78, 5) is 11.8. The molecule has 0 saturated carbocycles. The quantitative estimate of drug-likeness (QED) is 0.455. The molecule has 1 aromatic rings. The Labute approximate surface area is 196 Å². The van der Waals surface area contributed by atoms with Crippen molar-refractivity contribution >= 4 is 17.9 Å². The average molecular weight is 506 g/mol. The minimum absolute atomic E-state index is 0.0675. The number of hydrazone groups is 1. The van der Waals surface area contributed by atoms with Crippen molar-refractivity contribution in [1.29, 1.82) is 0 Å². The van der Waals surface area contributed by atoms with Crippen LogP contribution in [0.4, 0.5) is 30.7 Å². The maximum atomic E-state index is 14.4. The first-order valence-corrected chi connectivity index (χ1v) is 10.2. The first-order valence-electron chi connectivity index (χ1n) is 10.2. The highest BCUT2D eigenvalue weighted by atomic mass is 19.4. The molecule has 190 valence electrons. The fourth-order valence-electron chi connectivity index (χ4n) is 3.36. The number of hydrogen-bond donors (Lipinski definition) is 1. The van der Waals surface area contributed by atoms with E-state index in [1.807, 2.05) is 0 Å². The van der Waals surface area contributed by atoms with Gasteiger partial charge in [-0.15, -0.1) is 0 Å². The van der Waals surface area contributed by atoms with Gasteiger partial charge in [0.15, 0.2) is 5.60 Å². The second-order valence-corrected chi connectivity index (χ2v) is 8.26. The van der Waals surface area contributed by atoms with Gasteiger partial charge < -0.3 is 15.0 Å². The molecule has 0 saturated heterocycles. The summed E-state index contributed by atoms with van der Waals surface area (Å²) in [6.45, 7) is 1.33. The zero-order chi connectivity index (χ0) is 26.2. The fraction of sp³-hybridized carbons (Fsp3) is 0.364. The Balaban J connectivity index is 2.04. The van der Waals surface area contributed by atoms with Crippen LogP contribution in [0, 0.1) is 5.82 Å². The summed E-state index contributed by atoms with van der Waals surface area (Å²) in [5.41, 5.74) is -3.03. The molecule has 0 fully saturated rings. The molecule has 0 unspecified atom stereocenters. The maximum Gasteiger partial charge on any atom is 0.431 e. The zero-order valence-corrected chi connectivity index (χ0v) is 18.8. The van der Waals surface area contributed by atoms with Crippen LogP contribution in [0.2, 0.25) is 0 Å². The fourth-order valence-corrected chi connectivity index (χ4v) is 3.36. The van der Waals surface area contributed by atoms with Gasteiger partial charge in [0.05, 0.1) is 17.9 Å². The third-order valence-corrected chi connectivity index (χ3v) is 5.19. The molecular weight excluding hydrogens is 485 g/mol. The Morgan fingerprint density at radius 3 is 2.34 bits per heavy atom. The standard InChI is InChI=1S/C22H21F7N4O2/c1-20(2,22(27,28)29)35-16-9-13(8-14(23)10-16)17-5-7-19(30-12-34)31-33(17)15-4-6-18(21(24,25)26)32(3)11-15/h4-6,8-10,12H,7,11H2,1-3H3,(H,30,31,34). The van der Waals surface area contributed by atoms with Crippen LogP contribution in [0.15, 0.2) is 52.9 Å². The normalized spacial score (nSPS) is 17.3. The van der Waals surface area contributed by atoms with Crippen LogP contribution in [0.25, 0.3) is 5.70 Å². The highest BCUT2D eigenvalue weighted by molar-refractivity contribution is 5.94. The molecule has 0 radical (unpaired) electrons. The van der Waals surface area contributed by atoms with Crippen molar-refractivity contribution in [2.24, 2.45) is 5.10 Å². The average Bonchev–Trinajstić information content (AvgIpc) is 2.71. The number of alkyl halides is 6. The van der Waals surface area contributed by atoms with Crippen molar-refractivity contribution in [1.82, 2.24) is 15.2 Å². The van der Waals surface area contributed by atoms with Crippen LogP contribution in [0.3, 0.4) is 0 Å². The lowest BCUT2D eigenvalue weighted by atomic mass is 10.1. The Morgan fingerprint density at radius 2 is 1.77 bits per heavy atom. The second kappa shape index (κ2) is 9.27. The maximum absolute atomic E-state index is 14.4. The SMILES string of the molecule is CN1CC(N2N=C(NC=O)CC=C2c2cc(F)cc(OC(C)(C)C(F)(F)F)c2)=CC=C1C(F)(F)F. The van der Waals surface area contributed by atoms with Gasteiger partial charge in [0, 0.05) is 25.1 Å². The highest BCUT2D eigenvalue weighted by Gasteiger charge is 2.50. The lowest BCUT2D eigenvalue weighted by Crippen LogP contribution is -2.44. The highest BCUT2D eigenvalue weighted by Crippen LogP contribution is 2.38. The minimum atomic E-state index is -4.74. The van der Waals surface area contributed by atoms with Gasteiger partial charge in [0.25, 0.3) is 0 Å². The Kier molecular flexibility index (Phi) is 6.91. The van der Waals surface area contributed by atoms with E-state index in [1.165, 1.54) is 30.3 Å². The van der Waals surface area contributed by atoms with Gasteiger partial charge >= 0.3 is 12.4 Å². The summed E-state index contributed by atoms with van der Waals surface area (Å²) in [6, 6.07) is 3.00. The van der Waals surface area contributed by atoms with Crippen molar-refractivity contribution in [3.05, 3.63) is 59.2 Å². The molecule has 2 aliphatic heterocycles. The number of amides is 1. The molecule has 0 spiro atoms. The van der Waals surface area contributed by atoms with Crippen molar-refractivity contribution in [3.8, 4) is 5.75 Å². The van der Waals surface area contributed by atoms with Crippen LogP contribution in [-0.4, -0.2) is 53.7 Å². The van der Waals surface area contributed by atoms with Gasteiger partial charge in [0.2, 0.25) is 6.41 Å². The summed E-state index contributed by atoms with van der Waals surface area (Å²) in [6.07, 6.45) is -5.37. The number of carbonyl (C=O) groups excluding carboxylic acids is 1. The van der Waals surface area contributed by atoms with Crippen LogP contribution < -0.4 is 10.1 Å². The molecule has 0 aliphatic carbocycles. The number of hydrogen-bond acceptors (Lipinski definition) is 5. The number of allylic oxidation sites excluding steroid dienone is 3. The molecule has 3 rings (SSSR count). The van der Waals surface area contributed by atoms with Gasteiger partial charge in [-0.3, -0.25) is 4.79 Å². The van der Waals surface area contributed by atoms with E-state index in [-0.39, 0.29) is 35.8 Å². The van der Waals surface area contributed by atoms with Crippen LogP contribution in [0.5, 0.6) is 5.75 Å². The number of nitrogens with one attached hydrogen (secondary N) is 1. The molecule has 1 aromatic carbocycles. The number of likely N-dealkylation sites (N-methyl/N-ethyl adjacent to an activating group) is 1. The van der Waals surface area contributed by atoms with E-state index in [4.69, 9.17) is 4.74 Å². The molecule has 1 N–H and O–H groups in total. The molecule has 0 atom stereocenters. The van der Waals surface area contributed by atoms with Crippen LogP contribution in [0.1, 0.15) is 25.8 Å². The van der Waals surface area contributed by atoms with Gasteiger partial charge in [-0.25, -0.2) is 9.40 Å². The topological polar surface area (TPSA) is 57.2 Å². The largest absolute Gasteiger partial charge is 0.478 e. The summed E-state index contributed by atoms with van der Waals surface area (Å²) >= 11 is 0. The molecule has 0 bridgehead atoms. The van der Waals surface area contributed by atoms with Gasteiger partial charge in [-0.05, 0) is 38.1 Å². The molecule has 13 heteroatoms. The monoisotopic (exact) mass is 506 g/mol. The summed E-state index contributed by atoms with van der Waals surface area (Å²) in [7, 11) is 1.22. The molecule has 1 amide bonds. The minimum Gasteiger partial charge on any atom is -0.478 e. The van der Waals surface area contributed by atoms with Crippen LogP contribution in [-0.2, 0) is 4.79 Å². The van der Waals surface area contributed by atoms with E-state index < -0.39 is 35.2 Å². The Morgan fingerprint density at radius 1 is 1.09 bits per heavy atom. The van der Waals surface area contributed by atoms with E-state index in [0.29, 0.717) is 6.41 Å². The molecule has 35 heavy (non-hydrogen) atoms. The first-order chi connectivity index (χ1) is 16.1. The molecule has 0 aromatic heterocycles. The number of carbonyl (C=O) groups is 1. The third kappa shape index (κ3) is 5.77. The lowest BCUT2D eigenvalue weighted by molar-refractivity contribution is -0.234. The van der Waals surface area contributed by atoms with E-state index in [9.17, 15) is 35.5 Å². The predicted octanol–water partition coefficient (Wildman–Crippen LogP) is 4.93. The number of halogens is 7. The van der Waals surface area contributed by atoms with Gasteiger partial charge in [0.1, 0.15) is 23.1 Å². The van der Waals surface area contributed by atoms with Crippen molar-refractivity contribution in [2.75, 3.05) is 13.6 Å². The lowest BCUT2D eigenvalue weighted by Gasteiger charge is -2.35. The smallest absolute Gasteiger partial charge is 0.431 e. The molecular formula is C22H21F7N4O2. The van der Waals surface area contributed by atoms with Gasteiger partial charge in [-0.2, -0.15) is 31.4 Å².